The molecule has 110 valence electrons. The molecule has 0 saturated heterocycles. The Bertz CT molecular complexity index is 618. The third-order valence-electron chi connectivity index (χ3n) is 4.01. The van der Waals surface area contributed by atoms with Crippen molar-refractivity contribution in [3.8, 4) is 6.07 Å². The van der Waals surface area contributed by atoms with E-state index in [0.717, 1.165) is 5.56 Å². The molecule has 1 unspecified atom stereocenters. The van der Waals surface area contributed by atoms with Crippen molar-refractivity contribution < 1.29 is 9.53 Å². The van der Waals surface area contributed by atoms with Crippen molar-refractivity contribution in [1.82, 2.24) is 0 Å². The maximum Gasteiger partial charge on any atom is 0.182 e. The van der Waals surface area contributed by atoms with Crippen molar-refractivity contribution in [2.75, 3.05) is 6.61 Å². The number of carbonyl (C=O) groups is 1. The highest BCUT2D eigenvalue weighted by Gasteiger charge is 2.42. The topological polar surface area (TPSA) is 50.1 Å². The standard InChI is InChI=1S/C18H21NO2/c1-5-21-16-14(13-8-6-12(2)7-9-13)10-18(3,4)17(20)15(16)11-19/h6-9,14H,5,10H2,1-4H3. The van der Waals surface area contributed by atoms with Gasteiger partial charge < -0.3 is 4.74 Å². The lowest BCUT2D eigenvalue weighted by molar-refractivity contribution is -0.124. The third kappa shape index (κ3) is 2.85. The number of aryl methyl sites for hydroxylation is 1. The summed E-state index contributed by atoms with van der Waals surface area (Å²) in [6.45, 7) is 8.17. The summed E-state index contributed by atoms with van der Waals surface area (Å²) in [6.07, 6.45) is 0.662. The summed E-state index contributed by atoms with van der Waals surface area (Å²) < 4.78 is 5.68. The predicted molar refractivity (Wildman–Crippen MR) is 81.6 cm³/mol. The lowest BCUT2D eigenvalue weighted by Gasteiger charge is -2.35. The molecule has 3 heteroatoms. The van der Waals surface area contributed by atoms with Gasteiger partial charge in [0.05, 0.1) is 6.61 Å². The van der Waals surface area contributed by atoms with Crippen LogP contribution < -0.4 is 0 Å². The van der Waals surface area contributed by atoms with Crippen LogP contribution in [0.3, 0.4) is 0 Å². The lowest BCUT2D eigenvalue weighted by atomic mass is 9.69. The van der Waals surface area contributed by atoms with Crippen LogP contribution in [0.4, 0.5) is 0 Å². The van der Waals surface area contributed by atoms with Crippen molar-refractivity contribution in [2.45, 2.75) is 40.0 Å². The fourth-order valence-electron chi connectivity index (χ4n) is 2.82. The Hall–Kier alpha value is -2.08. The van der Waals surface area contributed by atoms with E-state index in [9.17, 15) is 10.1 Å². The van der Waals surface area contributed by atoms with E-state index >= 15 is 0 Å². The number of nitrogens with zero attached hydrogens (tertiary/aromatic N) is 1. The van der Waals surface area contributed by atoms with E-state index in [2.05, 4.69) is 18.2 Å². The summed E-state index contributed by atoms with van der Waals surface area (Å²) in [5.74, 6) is 0.387. The van der Waals surface area contributed by atoms with Gasteiger partial charge in [-0.3, -0.25) is 4.79 Å². The number of allylic oxidation sites excluding steroid dienone is 2. The van der Waals surface area contributed by atoms with E-state index < -0.39 is 5.41 Å². The molecule has 0 fully saturated rings. The van der Waals surface area contributed by atoms with Gasteiger partial charge in [0.15, 0.2) is 5.78 Å². The number of carbonyl (C=O) groups excluding carboxylic acids is 1. The first-order valence-corrected chi connectivity index (χ1v) is 7.29. The van der Waals surface area contributed by atoms with Gasteiger partial charge in [-0.25, -0.2) is 0 Å². The average Bonchev–Trinajstić information content (AvgIpc) is 2.44. The van der Waals surface area contributed by atoms with Crippen molar-refractivity contribution in [3.05, 3.63) is 46.7 Å². The maximum absolute atomic E-state index is 12.4. The van der Waals surface area contributed by atoms with Crippen molar-refractivity contribution in [3.63, 3.8) is 0 Å². The van der Waals surface area contributed by atoms with Crippen LogP contribution in [-0.4, -0.2) is 12.4 Å². The summed E-state index contributed by atoms with van der Waals surface area (Å²) >= 11 is 0. The number of hydrogen-bond donors (Lipinski definition) is 0. The molecule has 1 aromatic rings. The van der Waals surface area contributed by atoms with Crippen LogP contribution >= 0.6 is 0 Å². The van der Waals surface area contributed by atoms with Gasteiger partial charge in [-0.05, 0) is 25.8 Å². The van der Waals surface area contributed by atoms with Gasteiger partial charge in [0.25, 0.3) is 0 Å². The second-order valence-electron chi connectivity index (χ2n) is 6.16. The molecule has 1 aliphatic carbocycles. The Balaban J connectivity index is 2.56. The Morgan fingerprint density at radius 3 is 2.48 bits per heavy atom. The number of benzene rings is 1. The number of Topliss-reactive ketones (excluding diaryl/α,β-unsaturated/α-hetero) is 1. The summed E-state index contributed by atoms with van der Waals surface area (Å²) in [5, 5.41) is 9.39. The molecule has 1 aliphatic rings. The maximum atomic E-state index is 12.4. The van der Waals surface area contributed by atoms with Crippen LogP contribution in [-0.2, 0) is 9.53 Å². The lowest BCUT2D eigenvalue weighted by Crippen LogP contribution is -2.34. The Morgan fingerprint density at radius 1 is 1.33 bits per heavy atom. The molecule has 0 spiro atoms. The van der Waals surface area contributed by atoms with E-state index in [1.54, 1.807) is 0 Å². The minimum Gasteiger partial charge on any atom is -0.496 e. The summed E-state index contributed by atoms with van der Waals surface area (Å²) in [4.78, 5) is 12.4. The Morgan fingerprint density at radius 2 is 1.95 bits per heavy atom. The van der Waals surface area contributed by atoms with E-state index in [0.29, 0.717) is 18.8 Å². The average molecular weight is 283 g/mol. The molecule has 1 atom stereocenters. The van der Waals surface area contributed by atoms with Gasteiger partial charge in [0.2, 0.25) is 0 Å². The number of ketones is 1. The molecule has 1 aromatic carbocycles. The van der Waals surface area contributed by atoms with Crippen molar-refractivity contribution in [1.29, 1.82) is 5.26 Å². The van der Waals surface area contributed by atoms with Gasteiger partial charge in [-0.1, -0.05) is 43.7 Å². The molecule has 2 rings (SSSR count). The SMILES string of the molecule is CCOC1=C(C#N)C(=O)C(C)(C)CC1c1ccc(C)cc1. The molecule has 0 aromatic heterocycles. The minimum absolute atomic E-state index is 0.0344. The second kappa shape index (κ2) is 5.73. The quantitative estimate of drug-likeness (QED) is 0.845. The van der Waals surface area contributed by atoms with Gasteiger partial charge >= 0.3 is 0 Å². The van der Waals surface area contributed by atoms with Crippen LogP contribution in [0.1, 0.15) is 44.2 Å². The number of hydrogen-bond acceptors (Lipinski definition) is 3. The van der Waals surface area contributed by atoms with Crippen LogP contribution in [0.2, 0.25) is 0 Å². The zero-order chi connectivity index (χ0) is 15.6. The molecule has 3 nitrogen and oxygen atoms in total. The molecule has 0 amide bonds. The molecule has 0 aliphatic heterocycles. The van der Waals surface area contributed by atoms with Gasteiger partial charge in [-0.2, -0.15) is 5.26 Å². The molecule has 0 heterocycles. The van der Waals surface area contributed by atoms with E-state index in [-0.39, 0.29) is 17.3 Å². The normalized spacial score (nSPS) is 21.1. The van der Waals surface area contributed by atoms with Crippen molar-refractivity contribution in [2.24, 2.45) is 5.41 Å². The first kappa shape index (κ1) is 15.3. The highest BCUT2D eigenvalue weighted by atomic mass is 16.5. The fraction of sp³-hybridized carbons (Fsp3) is 0.444. The summed E-state index contributed by atoms with van der Waals surface area (Å²) in [7, 11) is 0. The van der Waals surface area contributed by atoms with E-state index in [1.165, 1.54) is 5.56 Å². The van der Waals surface area contributed by atoms with Crippen LogP contribution in [0.15, 0.2) is 35.6 Å². The van der Waals surface area contributed by atoms with E-state index in [4.69, 9.17) is 4.74 Å². The van der Waals surface area contributed by atoms with Crippen molar-refractivity contribution >= 4 is 5.78 Å². The van der Waals surface area contributed by atoms with Gasteiger partial charge in [-0.15, -0.1) is 0 Å². The number of nitriles is 1. The highest BCUT2D eigenvalue weighted by molar-refractivity contribution is 6.04. The molecule has 0 radical (unpaired) electrons. The molecule has 0 bridgehead atoms. The van der Waals surface area contributed by atoms with Gasteiger partial charge in [0.1, 0.15) is 17.4 Å². The third-order valence-corrected chi connectivity index (χ3v) is 4.01. The number of rotatable bonds is 3. The number of ether oxygens (including phenoxy) is 1. The molecule has 21 heavy (non-hydrogen) atoms. The van der Waals surface area contributed by atoms with Gasteiger partial charge in [0, 0.05) is 11.3 Å². The summed E-state index contributed by atoms with van der Waals surface area (Å²) in [6, 6.07) is 10.3. The second-order valence-corrected chi connectivity index (χ2v) is 6.16. The Kier molecular flexibility index (Phi) is 4.18. The van der Waals surface area contributed by atoms with Crippen LogP contribution in [0.5, 0.6) is 0 Å². The zero-order valence-corrected chi connectivity index (χ0v) is 13.1. The van der Waals surface area contributed by atoms with Crippen LogP contribution in [0, 0.1) is 23.7 Å². The fourth-order valence-corrected chi connectivity index (χ4v) is 2.82. The zero-order valence-electron chi connectivity index (χ0n) is 13.1. The first-order chi connectivity index (χ1) is 9.90. The van der Waals surface area contributed by atoms with E-state index in [1.807, 2.05) is 39.8 Å². The monoisotopic (exact) mass is 283 g/mol. The predicted octanol–water partition coefficient (Wildman–Crippen LogP) is 3.89. The first-order valence-electron chi connectivity index (χ1n) is 7.29. The van der Waals surface area contributed by atoms with Crippen LogP contribution in [0.25, 0.3) is 0 Å². The molecule has 0 saturated carbocycles. The highest BCUT2D eigenvalue weighted by Crippen LogP contribution is 2.44. The summed E-state index contributed by atoms with van der Waals surface area (Å²) in [5.41, 5.74) is 1.92. The molecule has 0 N–H and O–H groups in total. The minimum atomic E-state index is -0.540. The smallest absolute Gasteiger partial charge is 0.182 e. The Labute approximate surface area is 126 Å². The molecular weight excluding hydrogens is 262 g/mol. The largest absolute Gasteiger partial charge is 0.496 e. The molecular formula is C18H21NO2.